The molecule has 6 nitrogen and oxygen atoms in total. The van der Waals surface area contributed by atoms with Crippen molar-refractivity contribution in [2.45, 2.75) is 19.8 Å². The normalized spacial score (nSPS) is 17.4. The first-order valence-corrected chi connectivity index (χ1v) is 6.56. The molecule has 20 heavy (non-hydrogen) atoms. The Bertz CT molecular complexity index is 510. The van der Waals surface area contributed by atoms with Crippen LogP contribution in [0.5, 0.6) is 0 Å². The minimum atomic E-state index is -1.15. The molecular formula is C14H18N2O4. The van der Waals surface area contributed by atoms with Gasteiger partial charge in [-0.2, -0.15) is 0 Å². The second-order valence-corrected chi connectivity index (χ2v) is 5.31. The number of hydrogen-bond donors (Lipinski definition) is 2. The van der Waals surface area contributed by atoms with Crippen LogP contribution in [0.2, 0.25) is 0 Å². The smallest absolute Gasteiger partial charge is 0.338 e. The number of carboxylic acids is 1. The van der Waals surface area contributed by atoms with Crippen LogP contribution in [-0.4, -0.2) is 41.7 Å². The fraction of sp³-hybridized carbons (Fsp3) is 0.500. The monoisotopic (exact) mass is 278 g/mol. The van der Waals surface area contributed by atoms with Crippen LogP contribution in [0.25, 0.3) is 0 Å². The van der Waals surface area contributed by atoms with Gasteiger partial charge in [-0.05, 0) is 30.4 Å². The van der Waals surface area contributed by atoms with E-state index in [2.05, 4.69) is 17.2 Å². The average Bonchev–Trinajstić information content (AvgIpc) is 2.45. The molecule has 1 aliphatic rings. The van der Waals surface area contributed by atoms with E-state index >= 15 is 0 Å². The number of carbonyl (C=O) groups excluding carboxylic acids is 1. The molecule has 1 fully saturated rings. The maximum atomic E-state index is 12.1. The highest BCUT2D eigenvalue weighted by Gasteiger charge is 2.28. The van der Waals surface area contributed by atoms with Crippen LogP contribution < -0.4 is 5.32 Å². The number of hydrogen-bond acceptors (Lipinski definition) is 4. The fourth-order valence-electron chi connectivity index (χ4n) is 2.18. The summed E-state index contributed by atoms with van der Waals surface area (Å²) in [5, 5.41) is 11.8. The van der Waals surface area contributed by atoms with Gasteiger partial charge in [0.15, 0.2) is 0 Å². The highest BCUT2D eigenvalue weighted by Crippen LogP contribution is 2.28. The highest BCUT2D eigenvalue weighted by molar-refractivity contribution is 6.03. The summed E-state index contributed by atoms with van der Waals surface area (Å²) in [6.45, 7) is 3.96. The van der Waals surface area contributed by atoms with E-state index in [4.69, 9.17) is 9.84 Å². The summed E-state index contributed by atoms with van der Waals surface area (Å²) in [6, 6.07) is 2.88. The predicted molar refractivity (Wildman–Crippen MR) is 71.7 cm³/mol. The third-order valence-electron chi connectivity index (χ3n) is 3.63. The van der Waals surface area contributed by atoms with E-state index in [1.165, 1.54) is 18.3 Å². The van der Waals surface area contributed by atoms with Crippen LogP contribution in [0, 0.1) is 5.41 Å². The number of nitrogens with zero attached hydrogens (tertiary/aromatic N) is 1. The molecule has 0 bridgehead atoms. The van der Waals surface area contributed by atoms with E-state index in [0.29, 0.717) is 19.8 Å². The first kappa shape index (κ1) is 14.5. The van der Waals surface area contributed by atoms with Gasteiger partial charge in [-0.25, -0.2) is 4.79 Å². The summed E-state index contributed by atoms with van der Waals surface area (Å²) >= 11 is 0. The van der Waals surface area contributed by atoms with E-state index in [9.17, 15) is 9.59 Å². The molecule has 108 valence electrons. The maximum Gasteiger partial charge on any atom is 0.338 e. The van der Waals surface area contributed by atoms with Crippen LogP contribution in [0.4, 0.5) is 0 Å². The molecule has 1 saturated heterocycles. The Morgan fingerprint density at radius 3 is 2.80 bits per heavy atom. The number of nitrogens with one attached hydrogen (secondary N) is 1. The molecule has 1 aliphatic heterocycles. The molecule has 0 radical (unpaired) electrons. The van der Waals surface area contributed by atoms with Crippen molar-refractivity contribution >= 4 is 11.9 Å². The van der Waals surface area contributed by atoms with Gasteiger partial charge in [-0.3, -0.25) is 9.78 Å². The van der Waals surface area contributed by atoms with Gasteiger partial charge in [-0.1, -0.05) is 6.92 Å². The lowest BCUT2D eigenvalue weighted by molar-refractivity contribution is 0.0238. The number of ether oxygens (including phenoxy) is 1. The summed E-state index contributed by atoms with van der Waals surface area (Å²) in [6.07, 6.45) is 3.17. The highest BCUT2D eigenvalue weighted by atomic mass is 16.5. The van der Waals surface area contributed by atoms with Crippen molar-refractivity contribution in [3.63, 3.8) is 0 Å². The number of amides is 1. The molecule has 0 atom stereocenters. The number of aromatic nitrogens is 1. The van der Waals surface area contributed by atoms with Crippen molar-refractivity contribution in [1.29, 1.82) is 0 Å². The zero-order valence-electron chi connectivity index (χ0n) is 11.4. The molecule has 0 spiro atoms. The second kappa shape index (κ2) is 6.00. The Labute approximate surface area is 117 Å². The first-order valence-electron chi connectivity index (χ1n) is 6.56. The SMILES string of the molecule is CC1(CNC(=O)c2ncccc2C(=O)O)CCOCC1. The van der Waals surface area contributed by atoms with Crippen LogP contribution in [-0.2, 0) is 4.74 Å². The Morgan fingerprint density at radius 1 is 1.45 bits per heavy atom. The Morgan fingerprint density at radius 2 is 2.15 bits per heavy atom. The number of pyridine rings is 1. The minimum absolute atomic E-state index is 0.00786. The third kappa shape index (κ3) is 3.33. The molecule has 0 saturated carbocycles. The van der Waals surface area contributed by atoms with Crippen LogP contribution in [0.15, 0.2) is 18.3 Å². The lowest BCUT2D eigenvalue weighted by Crippen LogP contribution is -2.40. The molecule has 0 aliphatic carbocycles. The molecule has 0 unspecified atom stereocenters. The lowest BCUT2D eigenvalue weighted by Gasteiger charge is -2.33. The topological polar surface area (TPSA) is 88.5 Å². The zero-order valence-corrected chi connectivity index (χ0v) is 11.4. The number of aromatic carboxylic acids is 1. The van der Waals surface area contributed by atoms with Crippen molar-refractivity contribution in [3.8, 4) is 0 Å². The van der Waals surface area contributed by atoms with Gasteiger partial charge in [0.2, 0.25) is 0 Å². The summed E-state index contributed by atoms with van der Waals surface area (Å²) in [5.74, 6) is -1.60. The number of carbonyl (C=O) groups is 2. The molecule has 2 N–H and O–H groups in total. The lowest BCUT2D eigenvalue weighted by atomic mass is 9.82. The van der Waals surface area contributed by atoms with E-state index in [1.54, 1.807) is 0 Å². The van der Waals surface area contributed by atoms with Gasteiger partial charge in [-0.15, -0.1) is 0 Å². The van der Waals surface area contributed by atoms with E-state index in [1.807, 2.05) is 0 Å². The Kier molecular flexibility index (Phi) is 4.34. The van der Waals surface area contributed by atoms with Crippen molar-refractivity contribution in [3.05, 3.63) is 29.6 Å². The van der Waals surface area contributed by atoms with Gasteiger partial charge >= 0.3 is 5.97 Å². The van der Waals surface area contributed by atoms with E-state index in [-0.39, 0.29) is 16.7 Å². The molecule has 0 aromatic carbocycles. The fourth-order valence-corrected chi connectivity index (χ4v) is 2.18. The largest absolute Gasteiger partial charge is 0.478 e. The van der Waals surface area contributed by atoms with Crippen LogP contribution in [0.3, 0.4) is 0 Å². The molecule has 1 aromatic rings. The zero-order chi connectivity index (χ0) is 14.6. The van der Waals surface area contributed by atoms with Crippen LogP contribution in [0.1, 0.15) is 40.6 Å². The van der Waals surface area contributed by atoms with Crippen molar-refractivity contribution in [2.75, 3.05) is 19.8 Å². The summed E-state index contributed by atoms with van der Waals surface area (Å²) in [4.78, 5) is 27.0. The average molecular weight is 278 g/mol. The summed E-state index contributed by atoms with van der Waals surface area (Å²) in [7, 11) is 0. The first-order chi connectivity index (χ1) is 9.52. The number of rotatable bonds is 4. The predicted octanol–water partition coefficient (Wildman–Crippen LogP) is 1.33. The second-order valence-electron chi connectivity index (χ2n) is 5.31. The van der Waals surface area contributed by atoms with Gasteiger partial charge in [0.1, 0.15) is 5.69 Å². The minimum Gasteiger partial charge on any atom is -0.478 e. The molecule has 6 heteroatoms. The molecule has 1 amide bonds. The molecule has 2 heterocycles. The van der Waals surface area contributed by atoms with E-state index < -0.39 is 11.9 Å². The summed E-state index contributed by atoms with van der Waals surface area (Å²) in [5.41, 5.74) is -0.135. The standard InChI is InChI=1S/C14H18N2O4/c1-14(4-7-20-8-5-14)9-16-12(17)11-10(13(18)19)3-2-6-15-11/h2-3,6H,4-5,7-9H2,1H3,(H,16,17)(H,18,19). The van der Waals surface area contributed by atoms with Gasteiger partial charge in [0.05, 0.1) is 5.56 Å². The quantitative estimate of drug-likeness (QED) is 0.867. The third-order valence-corrected chi connectivity index (χ3v) is 3.63. The molecule has 2 rings (SSSR count). The number of carboxylic acid groups (broad SMARTS) is 1. The van der Waals surface area contributed by atoms with Crippen molar-refractivity contribution in [2.24, 2.45) is 5.41 Å². The van der Waals surface area contributed by atoms with Crippen LogP contribution >= 0.6 is 0 Å². The molecular weight excluding hydrogens is 260 g/mol. The van der Waals surface area contributed by atoms with Crippen molar-refractivity contribution < 1.29 is 19.4 Å². The summed E-state index contributed by atoms with van der Waals surface area (Å²) < 4.78 is 5.30. The van der Waals surface area contributed by atoms with Gasteiger partial charge in [0.25, 0.3) is 5.91 Å². The molecule has 1 aromatic heterocycles. The van der Waals surface area contributed by atoms with Crippen molar-refractivity contribution in [1.82, 2.24) is 10.3 Å². The van der Waals surface area contributed by atoms with Gasteiger partial charge < -0.3 is 15.2 Å². The van der Waals surface area contributed by atoms with E-state index in [0.717, 1.165) is 12.8 Å². The Hall–Kier alpha value is -1.95. The Balaban J connectivity index is 2.03. The van der Waals surface area contributed by atoms with Gasteiger partial charge in [0, 0.05) is 26.0 Å². The maximum absolute atomic E-state index is 12.1.